The molecule has 0 aliphatic carbocycles. The molecule has 3 nitrogen and oxygen atoms in total. The van der Waals surface area contributed by atoms with E-state index in [0.29, 0.717) is 0 Å². The zero-order valence-corrected chi connectivity index (χ0v) is 10.6. The minimum atomic E-state index is -1.08. The Morgan fingerprint density at radius 1 is 1.50 bits per heavy atom. The van der Waals surface area contributed by atoms with E-state index in [2.05, 4.69) is 20.9 Å². The van der Waals surface area contributed by atoms with Crippen LogP contribution in [0.1, 0.15) is 16.1 Å². The fourth-order valence-corrected chi connectivity index (χ4v) is 2.48. The lowest BCUT2D eigenvalue weighted by Gasteiger charge is -2.07. The molecular formula is C11H7BrClNO2. The molecule has 2 aromatic rings. The number of rotatable bonds is 1. The van der Waals surface area contributed by atoms with Gasteiger partial charge in [-0.25, -0.2) is 9.78 Å². The molecule has 1 heterocycles. The maximum atomic E-state index is 10.9. The number of aryl methyl sites for hydroxylation is 1. The van der Waals surface area contributed by atoms with Gasteiger partial charge in [-0.3, -0.25) is 0 Å². The number of benzene rings is 1. The number of aromatic carboxylic acids is 1. The van der Waals surface area contributed by atoms with Crippen molar-refractivity contribution in [1.82, 2.24) is 4.98 Å². The van der Waals surface area contributed by atoms with Crippen LogP contribution in [0.4, 0.5) is 0 Å². The summed E-state index contributed by atoms with van der Waals surface area (Å²) < 4.78 is 0.808. The van der Waals surface area contributed by atoms with Crippen LogP contribution < -0.4 is 0 Å². The quantitative estimate of drug-likeness (QED) is 0.818. The maximum Gasteiger partial charge on any atom is 0.354 e. The first-order chi connectivity index (χ1) is 7.50. The van der Waals surface area contributed by atoms with Crippen molar-refractivity contribution in [3.05, 3.63) is 39.1 Å². The van der Waals surface area contributed by atoms with Crippen LogP contribution in [0.2, 0.25) is 5.15 Å². The second-order valence-electron chi connectivity index (χ2n) is 3.39. The van der Waals surface area contributed by atoms with Crippen molar-refractivity contribution in [2.24, 2.45) is 0 Å². The van der Waals surface area contributed by atoms with Crippen molar-refractivity contribution >= 4 is 44.3 Å². The van der Waals surface area contributed by atoms with E-state index in [1.807, 2.05) is 19.1 Å². The summed E-state index contributed by atoms with van der Waals surface area (Å²) in [5.41, 5.74) is 0.920. The van der Waals surface area contributed by atoms with Gasteiger partial charge in [-0.15, -0.1) is 0 Å². The highest BCUT2D eigenvalue weighted by Gasteiger charge is 2.12. The molecule has 0 amide bonds. The highest BCUT2D eigenvalue weighted by Crippen LogP contribution is 2.32. The van der Waals surface area contributed by atoms with Gasteiger partial charge in [-0.2, -0.15) is 0 Å². The Morgan fingerprint density at radius 3 is 2.81 bits per heavy atom. The zero-order valence-electron chi connectivity index (χ0n) is 8.29. The minimum Gasteiger partial charge on any atom is -0.477 e. The van der Waals surface area contributed by atoms with E-state index < -0.39 is 5.97 Å². The van der Waals surface area contributed by atoms with E-state index in [4.69, 9.17) is 16.7 Å². The van der Waals surface area contributed by atoms with E-state index >= 15 is 0 Å². The maximum absolute atomic E-state index is 10.9. The molecule has 0 atom stereocenters. The summed E-state index contributed by atoms with van der Waals surface area (Å²) in [6.07, 6.45) is 0. The number of pyridine rings is 1. The summed E-state index contributed by atoms with van der Waals surface area (Å²) in [6, 6.07) is 5.30. The topological polar surface area (TPSA) is 50.2 Å². The van der Waals surface area contributed by atoms with Gasteiger partial charge in [-0.1, -0.05) is 33.6 Å². The van der Waals surface area contributed by atoms with Crippen molar-refractivity contribution in [3.8, 4) is 0 Å². The van der Waals surface area contributed by atoms with Crippen molar-refractivity contribution in [2.45, 2.75) is 6.92 Å². The third-order valence-electron chi connectivity index (χ3n) is 2.34. The first kappa shape index (κ1) is 11.4. The predicted octanol–water partition coefficient (Wildman–Crippen LogP) is 3.66. The second kappa shape index (κ2) is 4.03. The van der Waals surface area contributed by atoms with Gasteiger partial charge in [0.1, 0.15) is 5.15 Å². The van der Waals surface area contributed by atoms with Gasteiger partial charge in [0.15, 0.2) is 5.69 Å². The number of halogens is 2. The molecular weight excluding hydrogens is 293 g/mol. The SMILES string of the molecule is Cc1ccc(Br)c2c(Cl)nc(C(=O)O)cc12. The Hall–Kier alpha value is -1.13. The number of carboxylic acid groups (broad SMARTS) is 1. The van der Waals surface area contributed by atoms with Crippen molar-refractivity contribution in [2.75, 3.05) is 0 Å². The van der Waals surface area contributed by atoms with Crippen LogP contribution in [-0.4, -0.2) is 16.1 Å². The fraction of sp³-hybridized carbons (Fsp3) is 0.0909. The summed E-state index contributed by atoms with van der Waals surface area (Å²) in [7, 11) is 0. The van der Waals surface area contributed by atoms with Gasteiger partial charge < -0.3 is 5.11 Å². The van der Waals surface area contributed by atoms with Crippen molar-refractivity contribution < 1.29 is 9.90 Å². The summed E-state index contributed by atoms with van der Waals surface area (Å²) in [4.78, 5) is 14.7. The van der Waals surface area contributed by atoms with Crippen LogP contribution in [0, 0.1) is 6.92 Å². The van der Waals surface area contributed by atoms with Gasteiger partial charge in [0.05, 0.1) is 0 Å². The minimum absolute atomic E-state index is 0.0429. The van der Waals surface area contributed by atoms with Crippen LogP contribution in [-0.2, 0) is 0 Å². The standard InChI is InChI=1S/C11H7BrClNO2/c1-5-2-3-7(12)9-6(5)4-8(11(15)16)14-10(9)13/h2-4H,1H3,(H,15,16). The van der Waals surface area contributed by atoms with Gasteiger partial charge in [0, 0.05) is 9.86 Å². The highest BCUT2D eigenvalue weighted by molar-refractivity contribution is 9.10. The highest BCUT2D eigenvalue weighted by atomic mass is 79.9. The Labute approximate surface area is 105 Å². The molecule has 5 heteroatoms. The van der Waals surface area contributed by atoms with Crippen molar-refractivity contribution in [1.29, 1.82) is 0 Å². The lowest BCUT2D eigenvalue weighted by molar-refractivity contribution is 0.0691. The molecule has 0 unspecified atom stereocenters. The first-order valence-electron chi connectivity index (χ1n) is 4.49. The van der Waals surface area contributed by atoms with E-state index in [1.165, 1.54) is 6.07 Å². The molecule has 82 valence electrons. The number of hydrogen-bond donors (Lipinski definition) is 1. The molecule has 0 radical (unpaired) electrons. The Balaban J connectivity index is 2.92. The zero-order chi connectivity index (χ0) is 11.9. The molecule has 0 aliphatic heterocycles. The Bertz CT molecular complexity index is 598. The average molecular weight is 301 g/mol. The summed E-state index contributed by atoms with van der Waals surface area (Å²) in [5.74, 6) is -1.08. The number of carboxylic acids is 1. The number of fused-ring (bicyclic) bond motifs is 1. The van der Waals surface area contributed by atoms with Crippen LogP contribution >= 0.6 is 27.5 Å². The smallest absolute Gasteiger partial charge is 0.354 e. The van der Waals surface area contributed by atoms with Crippen LogP contribution in [0.15, 0.2) is 22.7 Å². The Morgan fingerprint density at radius 2 is 2.19 bits per heavy atom. The largest absolute Gasteiger partial charge is 0.477 e. The average Bonchev–Trinajstić information content (AvgIpc) is 2.22. The van der Waals surface area contributed by atoms with Gasteiger partial charge in [0.2, 0.25) is 0 Å². The molecule has 0 spiro atoms. The third kappa shape index (κ3) is 1.79. The summed E-state index contributed by atoms with van der Waals surface area (Å²) in [6.45, 7) is 1.90. The monoisotopic (exact) mass is 299 g/mol. The molecule has 0 saturated heterocycles. The van der Waals surface area contributed by atoms with Gasteiger partial charge >= 0.3 is 5.97 Å². The molecule has 0 bridgehead atoms. The van der Waals surface area contributed by atoms with E-state index in [9.17, 15) is 4.79 Å². The molecule has 0 fully saturated rings. The molecule has 0 saturated carbocycles. The van der Waals surface area contributed by atoms with Crippen molar-refractivity contribution in [3.63, 3.8) is 0 Å². The predicted molar refractivity (Wildman–Crippen MR) is 66.1 cm³/mol. The molecule has 16 heavy (non-hydrogen) atoms. The van der Waals surface area contributed by atoms with E-state index in [0.717, 1.165) is 20.8 Å². The molecule has 2 rings (SSSR count). The lowest BCUT2D eigenvalue weighted by atomic mass is 10.1. The molecule has 1 aromatic heterocycles. The van der Waals surface area contributed by atoms with Crippen LogP contribution in [0.25, 0.3) is 10.8 Å². The van der Waals surface area contributed by atoms with E-state index in [1.54, 1.807) is 0 Å². The van der Waals surface area contributed by atoms with Crippen LogP contribution in [0.3, 0.4) is 0 Å². The van der Waals surface area contributed by atoms with Gasteiger partial charge in [-0.05, 0) is 30.0 Å². The number of aromatic nitrogens is 1. The Kier molecular flexibility index (Phi) is 2.86. The second-order valence-corrected chi connectivity index (χ2v) is 4.60. The van der Waals surface area contributed by atoms with Crippen LogP contribution in [0.5, 0.6) is 0 Å². The van der Waals surface area contributed by atoms with Gasteiger partial charge in [0.25, 0.3) is 0 Å². The fourth-order valence-electron chi connectivity index (χ4n) is 1.53. The molecule has 0 aliphatic rings. The van der Waals surface area contributed by atoms with E-state index in [-0.39, 0.29) is 10.8 Å². The lowest BCUT2D eigenvalue weighted by Crippen LogP contribution is -2.01. The number of hydrogen-bond acceptors (Lipinski definition) is 2. The first-order valence-corrected chi connectivity index (χ1v) is 5.66. The summed E-state index contributed by atoms with van der Waals surface area (Å²) in [5, 5.41) is 10.6. The normalized spacial score (nSPS) is 10.7. The number of nitrogens with zero attached hydrogens (tertiary/aromatic N) is 1. The third-order valence-corrected chi connectivity index (χ3v) is 3.27. The molecule has 1 aromatic carbocycles. The molecule has 1 N–H and O–H groups in total. The summed E-state index contributed by atoms with van der Waals surface area (Å²) >= 11 is 9.35. The number of carbonyl (C=O) groups is 1.